The van der Waals surface area contributed by atoms with Gasteiger partial charge < -0.3 is 15.2 Å². The fraction of sp³-hybridized carbons (Fsp3) is 0.414. The Morgan fingerprint density at radius 2 is 1.92 bits per heavy atom. The Morgan fingerprint density at radius 3 is 2.57 bits per heavy atom. The van der Waals surface area contributed by atoms with Crippen molar-refractivity contribution in [3.63, 3.8) is 0 Å². The lowest BCUT2D eigenvalue weighted by Gasteiger charge is -2.60. The van der Waals surface area contributed by atoms with Gasteiger partial charge in [0.05, 0.1) is 11.8 Å². The van der Waals surface area contributed by atoms with Crippen LogP contribution in [-0.4, -0.2) is 54.1 Å². The minimum Gasteiger partial charge on any atom is -0.508 e. The molecule has 1 saturated heterocycles. The van der Waals surface area contributed by atoms with Crippen LogP contribution in [0.2, 0.25) is 0 Å². The van der Waals surface area contributed by atoms with E-state index in [1.165, 1.54) is 12.1 Å². The highest BCUT2D eigenvalue weighted by atomic mass is 19.4. The maximum Gasteiger partial charge on any atom is 0.421 e. The van der Waals surface area contributed by atoms with E-state index in [1.807, 2.05) is 11.0 Å². The van der Waals surface area contributed by atoms with E-state index in [-0.39, 0.29) is 5.75 Å². The number of benzene rings is 2. The second-order valence-corrected chi connectivity index (χ2v) is 9.92. The third-order valence-corrected chi connectivity index (χ3v) is 7.86. The summed E-state index contributed by atoms with van der Waals surface area (Å²) in [4.78, 5) is 15.1. The number of hydrogen-bond donors (Lipinski definition) is 2. The maximum absolute atomic E-state index is 14.0. The zero-order chi connectivity index (χ0) is 26.7. The molecule has 2 N–H and O–H groups in total. The van der Waals surface area contributed by atoms with Gasteiger partial charge in [0.25, 0.3) is 5.91 Å². The van der Waals surface area contributed by atoms with E-state index in [2.05, 4.69) is 11.9 Å². The van der Waals surface area contributed by atoms with Crippen LogP contribution in [0.1, 0.15) is 43.2 Å². The average molecular weight is 515 g/mol. The largest absolute Gasteiger partial charge is 0.508 e. The first-order valence-corrected chi connectivity index (χ1v) is 12.5. The molecule has 0 spiro atoms. The number of fused-ring (bicyclic) bond motifs is 1. The summed E-state index contributed by atoms with van der Waals surface area (Å²) in [5, 5.41) is 13.0. The molecule has 4 rings (SSSR count). The van der Waals surface area contributed by atoms with E-state index < -0.39 is 34.8 Å². The number of carbonyl (C=O) groups is 1. The molecule has 5 nitrogen and oxygen atoms in total. The highest BCUT2D eigenvalue weighted by Gasteiger charge is 2.59. The zero-order valence-corrected chi connectivity index (χ0v) is 20.9. The van der Waals surface area contributed by atoms with Gasteiger partial charge in [-0.05, 0) is 48.6 Å². The number of alkyl halides is 3. The van der Waals surface area contributed by atoms with E-state index in [0.29, 0.717) is 25.1 Å². The lowest BCUT2D eigenvalue weighted by Crippen LogP contribution is -2.70. The summed E-state index contributed by atoms with van der Waals surface area (Å²) in [6.07, 6.45) is 0.701. The number of nitrogens with zero attached hydrogens (tertiary/aromatic N) is 1. The number of amides is 1. The van der Waals surface area contributed by atoms with Crippen LogP contribution in [0.25, 0.3) is 6.08 Å². The molecular weight excluding hydrogens is 481 g/mol. The van der Waals surface area contributed by atoms with Crippen molar-refractivity contribution in [1.82, 2.24) is 10.2 Å². The molecule has 1 unspecified atom stereocenters. The Labute approximate surface area is 215 Å². The maximum atomic E-state index is 14.0. The highest BCUT2D eigenvalue weighted by Crippen LogP contribution is 2.54. The highest BCUT2D eigenvalue weighted by molar-refractivity contribution is 5.99. The zero-order valence-electron chi connectivity index (χ0n) is 20.9. The molecule has 0 bridgehead atoms. The average Bonchev–Trinajstić information content (AvgIpc) is 2.87. The van der Waals surface area contributed by atoms with Gasteiger partial charge in [-0.2, -0.15) is 13.2 Å². The van der Waals surface area contributed by atoms with Gasteiger partial charge in [-0.25, -0.2) is 0 Å². The van der Waals surface area contributed by atoms with Gasteiger partial charge in [0.15, 0.2) is 0 Å². The molecule has 1 aliphatic heterocycles. The quantitative estimate of drug-likeness (QED) is 0.375. The Bertz CT molecular complexity index is 1150. The van der Waals surface area contributed by atoms with Gasteiger partial charge in [0.1, 0.15) is 11.3 Å². The fourth-order valence-corrected chi connectivity index (χ4v) is 6.13. The number of aromatic hydroxyl groups is 1. The first-order valence-electron chi connectivity index (χ1n) is 12.5. The van der Waals surface area contributed by atoms with Crippen LogP contribution >= 0.6 is 0 Å². The molecule has 1 amide bonds. The molecule has 2 fully saturated rings. The predicted molar refractivity (Wildman–Crippen MR) is 137 cm³/mol. The van der Waals surface area contributed by atoms with Crippen LogP contribution in [0.5, 0.6) is 5.75 Å². The van der Waals surface area contributed by atoms with Gasteiger partial charge in [0, 0.05) is 25.6 Å². The first-order chi connectivity index (χ1) is 17.6. The van der Waals surface area contributed by atoms with E-state index in [1.54, 1.807) is 49.6 Å². The summed E-state index contributed by atoms with van der Waals surface area (Å²) in [5.41, 5.74) is -1.33. The van der Waals surface area contributed by atoms with Crippen molar-refractivity contribution in [1.29, 1.82) is 0 Å². The van der Waals surface area contributed by atoms with Crippen molar-refractivity contribution in [3.05, 3.63) is 84.0 Å². The number of rotatable bonds is 7. The van der Waals surface area contributed by atoms with Crippen LogP contribution in [0.3, 0.4) is 0 Å². The molecule has 2 aromatic carbocycles. The molecule has 37 heavy (non-hydrogen) atoms. The summed E-state index contributed by atoms with van der Waals surface area (Å²) in [7, 11) is 1.66. The van der Waals surface area contributed by atoms with Crippen LogP contribution in [0, 0.1) is 0 Å². The number of hydrogen-bond acceptors (Lipinski definition) is 4. The SMILES string of the molecule is C=CCN1CC2(OC)CCCC[C@@]2(c2cccc(O)c2)C[C@H]1NC(=O)C(=Cc1ccccc1)C(F)(F)F. The first kappa shape index (κ1) is 26.9. The molecular formula is C29H33F3N2O3. The fourth-order valence-electron chi connectivity index (χ4n) is 6.13. The van der Waals surface area contributed by atoms with Crippen molar-refractivity contribution in [2.24, 2.45) is 0 Å². The standard InChI is InChI=1S/C29H33F3N2O3/c1-3-16-34-20-28(37-2)15-8-7-14-27(28,22-12-9-13-23(35)18-22)19-25(34)33-26(36)24(29(30,31)32)17-21-10-5-4-6-11-21/h3-6,9-13,17-18,25,35H,1,7-8,14-16,19-20H2,2H3,(H,33,36)/t25-,27-,28?/m0/s1. The monoisotopic (exact) mass is 514 g/mol. The normalized spacial score (nSPS) is 26.8. The van der Waals surface area contributed by atoms with Crippen molar-refractivity contribution >= 4 is 12.0 Å². The summed E-state index contributed by atoms with van der Waals surface area (Å²) >= 11 is 0. The molecule has 8 heteroatoms. The number of nitrogens with one attached hydrogen (secondary N) is 1. The van der Waals surface area contributed by atoms with Gasteiger partial charge in [-0.15, -0.1) is 6.58 Å². The third-order valence-electron chi connectivity index (χ3n) is 7.86. The molecule has 1 heterocycles. The summed E-state index contributed by atoms with van der Waals surface area (Å²) in [6, 6.07) is 15.0. The van der Waals surface area contributed by atoms with E-state index >= 15 is 0 Å². The van der Waals surface area contributed by atoms with Gasteiger partial charge in [-0.3, -0.25) is 9.69 Å². The molecule has 3 atom stereocenters. The number of carbonyl (C=O) groups excluding carboxylic acids is 1. The summed E-state index contributed by atoms with van der Waals surface area (Å²) in [5.74, 6) is -1.07. The number of likely N-dealkylation sites (tertiary alicyclic amines) is 1. The smallest absolute Gasteiger partial charge is 0.421 e. The van der Waals surface area contributed by atoms with Gasteiger partial charge in [0.2, 0.25) is 0 Å². The van der Waals surface area contributed by atoms with Crippen molar-refractivity contribution in [2.75, 3.05) is 20.2 Å². The number of halogens is 3. The molecule has 1 aliphatic carbocycles. The number of methoxy groups -OCH3 is 1. The second kappa shape index (κ2) is 10.7. The number of piperidine rings is 1. The number of ether oxygens (including phenoxy) is 1. The van der Waals surface area contributed by atoms with Crippen LogP contribution < -0.4 is 5.32 Å². The lowest BCUT2D eigenvalue weighted by molar-refractivity contribution is -0.163. The molecule has 0 radical (unpaired) electrons. The number of phenols is 1. The van der Waals surface area contributed by atoms with E-state index in [0.717, 1.165) is 37.3 Å². The van der Waals surface area contributed by atoms with Gasteiger partial charge in [-0.1, -0.05) is 61.4 Å². The Hall–Kier alpha value is -3.10. The molecule has 198 valence electrons. The van der Waals surface area contributed by atoms with Crippen LogP contribution in [-0.2, 0) is 14.9 Å². The lowest BCUT2D eigenvalue weighted by atomic mass is 9.55. The Balaban J connectivity index is 1.74. The number of phenolic OH excluding ortho intramolecular Hbond substituents is 1. The predicted octanol–water partition coefficient (Wildman–Crippen LogP) is 5.57. The van der Waals surface area contributed by atoms with E-state index in [4.69, 9.17) is 4.74 Å². The van der Waals surface area contributed by atoms with Crippen LogP contribution in [0.15, 0.2) is 72.8 Å². The van der Waals surface area contributed by atoms with E-state index in [9.17, 15) is 23.1 Å². The minimum absolute atomic E-state index is 0.113. The summed E-state index contributed by atoms with van der Waals surface area (Å²) < 4.78 is 48.3. The molecule has 0 aromatic heterocycles. The third kappa shape index (κ3) is 5.31. The van der Waals surface area contributed by atoms with Crippen molar-refractivity contribution in [3.8, 4) is 5.75 Å². The minimum atomic E-state index is -4.83. The molecule has 1 saturated carbocycles. The van der Waals surface area contributed by atoms with Gasteiger partial charge >= 0.3 is 6.18 Å². The molecule has 2 aromatic rings. The van der Waals surface area contributed by atoms with Crippen molar-refractivity contribution < 1.29 is 27.8 Å². The van der Waals surface area contributed by atoms with Crippen LogP contribution in [0.4, 0.5) is 13.2 Å². The van der Waals surface area contributed by atoms with Crippen molar-refractivity contribution in [2.45, 2.75) is 55.5 Å². The Morgan fingerprint density at radius 1 is 1.19 bits per heavy atom. The molecule has 2 aliphatic rings. The topological polar surface area (TPSA) is 61.8 Å². The second-order valence-electron chi connectivity index (χ2n) is 9.92. The summed E-state index contributed by atoms with van der Waals surface area (Å²) in [6.45, 7) is 4.59. The Kier molecular flexibility index (Phi) is 7.80.